The second kappa shape index (κ2) is 11.4. The third-order valence-corrected chi connectivity index (χ3v) is 6.22. The summed E-state index contributed by atoms with van der Waals surface area (Å²) in [6.07, 6.45) is 0. The number of ether oxygens (including phenoxy) is 3. The first-order chi connectivity index (χ1) is 19.3. The molecule has 39 heavy (non-hydrogen) atoms. The van der Waals surface area contributed by atoms with Crippen LogP contribution in [0.1, 0.15) is 0 Å². The smallest absolute Gasteiger partial charge is 0.131 e. The summed E-state index contributed by atoms with van der Waals surface area (Å²) in [6.45, 7) is 0. The Morgan fingerprint density at radius 2 is 0.590 bits per heavy atom. The third kappa shape index (κ3) is 6.17. The molecule has 3 nitrogen and oxygen atoms in total. The Morgan fingerprint density at radius 1 is 0.231 bits per heavy atom. The summed E-state index contributed by atoms with van der Waals surface area (Å²) < 4.78 is 18.2. The zero-order chi connectivity index (χ0) is 26.3. The van der Waals surface area contributed by atoms with Gasteiger partial charge in [-0.15, -0.1) is 0 Å². The van der Waals surface area contributed by atoms with Gasteiger partial charge in [-0.25, -0.2) is 0 Å². The Balaban J connectivity index is 1.13. The lowest BCUT2D eigenvalue weighted by Gasteiger charge is -2.11. The van der Waals surface area contributed by atoms with Gasteiger partial charge in [0, 0.05) is 12.1 Å². The Bertz CT molecular complexity index is 1660. The number of para-hydroxylation sites is 1. The van der Waals surface area contributed by atoms with E-state index in [-0.39, 0.29) is 0 Å². The molecule has 6 aromatic carbocycles. The van der Waals surface area contributed by atoms with Crippen LogP contribution in [0.2, 0.25) is 0 Å². The largest absolute Gasteiger partial charge is 0.457 e. The number of hydrogen-bond acceptors (Lipinski definition) is 3. The molecule has 0 saturated carbocycles. The molecular weight excluding hydrogens is 480 g/mol. The zero-order valence-electron chi connectivity index (χ0n) is 21.2. The Hall–Kier alpha value is -5.28. The molecule has 0 aliphatic heterocycles. The summed E-state index contributed by atoms with van der Waals surface area (Å²) in [7, 11) is 0. The van der Waals surface area contributed by atoms with Crippen molar-refractivity contribution in [3.63, 3.8) is 0 Å². The zero-order valence-corrected chi connectivity index (χ0v) is 21.2. The van der Waals surface area contributed by atoms with Crippen molar-refractivity contribution in [2.45, 2.75) is 0 Å². The molecule has 6 rings (SSSR count). The molecule has 0 aliphatic rings. The Labute approximate surface area is 228 Å². The molecule has 0 fully saturated rings. The molecule has 0 aliphatic carbocycles. The molecule has 188 valence electrons. The van der Waals surface area contributed by atoms with E-state index in [0.717, 1.165) is 22.6 Å². The summed E-state index contributed by atoms with van der Waals surface area (Å²) >= 11 is 0. The maximum atomic E-state index is 6.14. The fraction of sp³-hybridized carbons (Fsp3) is 0. The minimum Gasteiger partial charge on any atom is -0.457 e. The lowest BCUT2D eigenvalue weighted by molar-refractivity contribution is 0.451. The number of rotatable bonds is 8. The quantitative estimate of drug-likeness (QED) is 0.205. The highest BCUT2D eigenvalue weighted by Crippen LogP contribution is 2.32. The standard InChI is InChI=1S/C36H26O3/c1-3-10-27(11-4-1)29-12-7-13-30(24-29)28-20-22-32(23-21-28)38-34-17-9-19-36(26-34)39-35-18-8-16-33(25-35)37-31-14-5-2-6-15-31/h1-26H. The van der Waals surface area contributed by atoms with Crippen LogP contribution in [0.4, 0.5) is 0 Å². The molecule has 0 saturated heterocycles. The fourth-order valence-electron chi connectivity index (χ4n) is 4.32. The van der Waals surface area contributed by atoms with Gasteiger partial charge in [-0.05, 0) is 76.9 Å². The lowest BCUT2D eigenvalue weighted by atomic mass is 9.99. The van der Waals surface area contributed by atoms with E-state index >= 15 is 0 Å². The van der Waals surface area contributed by atoms with Gasteiger partial charge in [0.2, 0.25) is 0 Å². The molecule has 0 amide bonds. The summed E-state index contributed by atoms with van der Waals surface area (Å²) in [4.78, 5) is 0. The van der Waals surface area contributed by atoms with Gasteiger partial charge < -0.3 is 14.2 Å². The summed E-state index contributed by atoms with van der Waals surface area (Å²) in [5.74, 6) is 4.30. The first-order valence-electron chi connectivity index (χ1n) is 12.8. The average molecular weight is 507 g/mol. The van der Waals surface area contributed by atoms with E-state index in [1.165, 1.54) is 11.1 Å². The monoisotopic (exact) mass is 506 g/mol. The van der Waals surface area contributed by atoms with Crippen LogP contribution in [0.5, 0.6) is 34.5 Å². The predicted octanol–water partition coefficient (Wildman–Crippen LogP) is 10.4. The van der Waals surface area contributed by atoms with Crippen molar-refractivity contribution in [3.05, 3.63) is 158 Å². The molecule has 0 spiro atoms. The average Bonchev–Trinajstić information content (AvgIpc) is 2.99. The molecule has 6 aromatic rings. The highest BCUT2D eigenvalue weighted by atomic mass is 16.5. The van der Waals surface area contributed by atoms with E-state index in [1.807, 2.05) is 97.1 Å². The van der Waals surface area contributed by atoms with E-state index in [4.69, 9.17) is 14.2 Å². The van der Waals surface area contributed by atoms with E-state index in [1.54, 1.807) is 0 Å². The molecule has 0 radical (unpaired) electrons. The minimum absolute atomic E-state index is 0.679. The molecule has 0 heterocycles. The number of benzene rings is 6. The lowest BCUT2D eigenvalue weighted by Crippen LogP contribution is -1.89. The van der Waals surface area contributed by atoms with Crippen molar-refractivity contribution in [1.29, 1.82) is 0 Å². The SMILES string of the molecule is c1ccc(Oc2cccc(Oc3cccc(Oc4ccc(-c5cccc(-c6ccccc6)c5)cc4)c3)c2)cc1. The maximum absolute atomic E-state index is 6.14. The molecular formula is C36H26O3. The van der Waals surface area contributed by atoms with Crippen molar-refractivity contribution in [2.75, 3.05) is 0 Å². The van der Waals surface area contributed by atoms with Crippen LogP contribution in [0, 0.1) is 0 Å². The van der Waals surface area contributed by atoms with E-state index in [0.29, 0.717) is 23.0 Å². The number of hydrogen-bond donors (Lipinski definition) is 0. The first-order valence-corrected chi connectivity index (χ1v) is 12.8. The van der Waals surface area contributed by atoms with Crippen molar-refractivity contribution in [2.24, 2.45) is 0 Å². The van der Waals surface area contributed by atoms with Crippen LogP contribution in [0.25, 0.3) is 22.3 Å². The first kappa shape index (κ1) is 24.1. The summed E-state index contributed by atoms with van der Waals surface area (Å²) in [5, 5.41) is 0. The molecule has 3 heteroatoms. The molecule has 0 unspecified atom stereocenters. The fourth-order valence-corrected chi connectivity index (χ4v) is 4.32. The van der Waals surface area contributed by atoms with Crippen LogP contribution >= 0.6 is 0 Å². The van der Waals surface area contributed by atoms with Gasteiger partial charge in [0.15, 0.2) is 0 Å². The van der Waals surface area contributed by atoms with E-state index in [9.17, 15) is 0 Å². The van der Waals surface area contributed by atoms with E-state index < -0.39 is 0 Å². The second-order valence-electron chi connectivity index (χ2n) is 9.04. The van der Waals surface area contributed by atoms with Crippen molar-refractivity contribution < 1.29 is 14.2 Å². The van der Waals surface area contributed by atoms with Crippen molar-refractivity contribution in [1.82, 2.24) is 0 Å². The minimum atomic E-state index is 0.679. The highest BCUT2D eigenvalue weighted by molar-refractivity contribution is 5.73. The van der Waals surface area contributed by atoms with Crippen LogP contribution in [0.15, 0.2) is 158 Å². The van der Waals surface area contributed by atoms with Gasteiger partial charge >= 0.3 is 0 Å². The second-order valence-corrected chi connectivity index (χ2v) is 9.04. The van der Waals surface area contributed by atoms with Gasteiger partial charge in [0.05, 0.1) is 0 Å². The van der Waals surface area contributed by atoms with Crippen LogP contribution < -0.4 is 14.2 Å². The van der Waals surface area contributed by atoms with Crippen LogP contribution in [0.3, 0.4) is 0 Å². The maximum Gasteiger partial charge on any atom is 0.131 e. The molecule has 0 atom stereocenters. The third-order valence-electron chi connectivity index (χ3n) is 6.22. The van der Waals surface area contributed by atoms with E-state index in [2.05, 4.69) is 60.7 Å². The predicted molar refractivity (Wildman–Crippen MR) is 157 cm³/mol. The van der Waals surface area contributed by atoms with Crippen molar-refractivity contribution in [3.8, 4) is 56.8 Å². The summed E-state index contributed by atoms with van der Waals surface area (Å²) in [5.41, 5.74) is 4.70. The molecule has 0 aromatic heterocycles. The van der Waals surface area contributed by atoms with Crippen molar-refractivity contribution >= 4 is 0 Å². The van der Waals surface area contributed by atoms with Gasteiger partial charge in [-0.3, -0.25) is 0 Å². The van der Waals surface area contributed by atoms with Gasteiger partial charge in [-0.1, -0.05) is 91.0 Å². The van der Waals surface area contributed by atoms with Gasteiger partial charge in [0.25, 0.3) is 0 Å². The Kier molecular flexibility index (Phi) is 7.04. The van der Waals surface area contributed by atoms with Crippen LogP contribution in [-0.2, 0) is 0 Å². The molecule has 0 bridgehead atoms. The summed E-state index contributed by atoms with van der Waals surface area (Å²) in [6, 6.07) is 52.0. The Morgan fingerprint density at radius 3 is 1.13 bits per heavy atom. The topological polar surface area (TPSA) is 27.7 Å². The highest BCUT2D eigenvalue weighted by Gasteiger charge is 2.06. The van der Waals surface area contributed by atoms with Gasteiger partial charge in [-0.2, -0.15) is 0 Å². The molecule has 0 N–H and O–H groups in total. The van der Waals surface area contributed by atoms with Crippen LogP contribution in [-0.4, -0.2) is 0 Å². The normalized spacial score (nSPS) is 10.6. The van der Waals surface area contributed by atoms with Gasteiger partial charge in [0.1, 0.15) is 34.5 Å².